The quantitative estimate of drug-likeness (QED) is 0.450. The molecule has 1 aromatic heterocycles. The van der Waals surface area contributed by atoms with E-state index >= 15 is 0 Å². The Labute approximate surface area is 181 Å². The summed E-state index contributed by atoms with van der Waals surface area (Å²) in [6, 6.07) is 17.2. The van der Waals surface area contributed by atoms with Crippen molar-refractivity contribution in [1.29, 1.82) is 0 Å². The number of hydrogen-bond donors (Lipinski definition) is 2. The summed E-state index contributed by atoms with van der Waals surface area (Å²) in [6.45, 7) is 1.91. The molecule has 1 unspecified atom stereocenters. The van der Waals surface area contributed by atoms with E-state index in [9.17, 15) is 26.4 Å². The van der Waals surface area contributed by atoms with Gasteiger partial charge in [0.25, 0.3) is 15.6 Å². The molecule has 2 N–H and O–H groups in total. The summed E-state index contributed by atoms with van der Waals surface area (Å²) in [6.07, 6.45) is -4.67. The number of fused-ring (bicyclic) bond motifs is 1. The number of aromatic nitrogens is 2. The molecule has 1 heterocycles. The minimum absolute atomic E-state index is 0.0607. The number of benzene rings is 3. The molecule has 166 valence electrons. The Kier molecular flexibility index (Phi) is 5.33. The highest BCUT2D eigenvalue weighted by Crippen LogP contribution is 2.31. The predicted molar refractivity (Wildman–Crippen MR) is 115 cm³/mol. The third kappa shape index (κ3) is 4.13. The molecule has 3 aromatic carbocycles. The normalized spacial score (nSPS) is 13.2. The number of sulfonamides is 1. The Morgan fingerprint density at radius 3 is 2.38 bits per heavy atom. The maximum absolute atomic E-state index is 12.9. The van der Waals surface area contributed by atoms with Crippen LogP contribution in [0, 0.1) is 0 Å². The minimum atomic E-state index is -4.67. The molecule has 0 amide bonds. The number of nitrogens with zero attached hydrogens (tertiary/aromatic N) is 1. The maximum Gasteiger partial charge on any atom is 0.416 e. The van der Waals surface area contributed by atoms with Crippen LogP contribution < -0.4 is 10.3 Å². The van der Waals surface area contributed by atoms with Gasteiger partial charge in [0.2, 0.25) is 0 Å². The van der Waals surface area contributed by atoms with Gasteiger partial charge in [-0.1, -0.05) is 36.4 Å². The van der Waals surface area contributed by atoms with Crippen LogP contribution in [0.25, 0.3) is 10.9 Å². The molecule has 32 heavy (non-hydrogen) atoms. The van der Waals surface area contributed by atoms with E-state index in [1.807, 2.05) is 37.3 Å². The fourth-order valence-corrected chi connectivity index (χ4v) is 4.56. The van der Waals surface area contributed by atoms with Gasteiger partial charge in [0.05, 0.1) is 27.4 Å². The predicted octanol–water partition coefficient (Wildman–Crippen LogP) is 4.76. The standard InChI is InChI=1S/C22H18F3N3O3S/c1-14(15-6-3-2-4-7-15)28-20-11-10-17(13-19(20)21(29)26-28)27-32(30,31)18-9-5-8-16(12-18)22(23,24)25/h2-14,27H,1H3,(H,26,29). The van der Waals surface area contributed by atoms with Gasteiger partial charge >= 0.3 is 6.18 Å². The fourth-order valence-electron chi connectivity index (χ4n) is 3.46. The number of hydrogen-bond acceptors (Lipinski definition) is 3. The van der Waals surface area contributed by atoms with Gasteiger partial charge in [-0.2, -0.15) is 13.2 Å². The molecular formula is C22H18F3N3O3S. The smallest absolute Gasteiger partial charge is 0.280 e. The average molecular weight is 461 g/mol. The van der Waals surface area contributed by atoms with E-state index < -0.39 is 32.2 Å². The summed E-state index contributed by atoms with van der Waals surface area (Å²) in [5, 5.41) is 3.00. The van der Waals surface area contributed by atoms with Gasteiger partial charge in [-0.05, 0) is 48.9 Å². The molecule has 0 fully saturated rings. The molecule has 0 aliphatic rings. The minimum Gasteiger partial charge on any atom is -0.280 e. The summed E-state index contributed by atoms with van der Waals surface area (Å²) in [4.78, 5) is 12.0. The third-order valence-electron chi connectivity index (χ3n) is 5.12. The van der Waals surface area contributed by atoms with Crippen LogP contribution in [0.2, 0.25) is 0 Å². The molecule has 10 heteroatoms. The second-order valence-corrected chi connectivity index (χ2v) is 8.94. The van der Waals surface area contributed by atoms with E-state index in [2.05, 4.69) is 9.82 Å². The first kappa shape index (κ1) is 21.7. The lowest BCUT2D eigenvalue weighted by atomic mass is 10.1. The first-order valence-electron chi connectivity index (χ1n) is 9.55. The summed E-state index contributed by atoms with van der Waals surface area (Å²) in [5.41, 5.74) is 0.107. The summed E-state index contributed by atoms with van der Waals surface area (Å²) in [5.74, 6) is 0. The number of rotatable bonds is 5. The van der Waals surface area contributed by atoms with E-state index in [4.69, 9.17) is 0 Å². The molecule has 4 aromatic rings. The van der Waals surface area contributed by atoms with Gasteiger partial charge in [-0.3, -0.25) is 19.3 Å². The highest BCUT2D eigenvalue weighted by atomic mass is 32.2. The van der Waals surface area contributed by atoms with Crippen molar-refractivity contribution in [3.05, 3.63) is 94.3 Å². The molecule has 0 radical (unpaired) electrons. The van der Waals surface area contributed by atoms with Crippen molar-refractivity contribution in [2.75, 3.05) is 4.72 Å². The molecule has 0 aliphatic heterocycles. The maximum atomic E-state index is 12.9. The Bertz CT molecular complexity index is 1440. The van der Waals surface area contributed by atoms with Gasteiger partial charge in [0, 0.05) is 5.69 Å². The first-order valence-corrected chi connectivity index (χ1v) is 11.0. The van der Waals surface area contributed by atoms with E-state index in [-0.39, 0.29) is 17.1 Å². The Morgan fingerprint density at radius 2 is 1.69 bits per heavy atom. The zero-order valence-corrected chi connectivity index (χ0v) is 17.5. The van der Waals surface area contributed by atoms with Gasteiger partial charge in [-0.15, -0.1) is 0 Å². The molecule has 0 saturated heterocycles. The summed E-state index contributed by atoms with van der Waals surface area (Å²) < 4.78 is 68.0. The van der Waals surface area contributed by atoms with E-state index in [0.29, 0.717) is 11.6 Å². The first-order chi connectivity index (χ1) is 15.1. The summed E-state index contributed by atoms with van der Waals surface area (Å²) in [7, 11) is -4.30. The van der Waals surface area contributed by atoms with Crippen molar-refractivity contribution in [2.45, 2.75) is 24.0 Å². The second-order valence-electron chi connectivity index (χ2n) is 7.26. The van der Waals surface area contributed by atoms with Crippen LogP contribution in [-0.4, -0.2) is 18.2 Å². The van der Waals surface area contributed by atoms with Crippen LogP contribution in [0.15, 0.2) is 82.5 Å². The van der Waals surface area contributed by atoms with Gasteiger partial charge in [-0.25, -0.2) is 8.42 Å². The van der Waals surface area contributed by atoms with Gasteiger partial charge < -0.3 is 0 Å². The highest BCUT2D eigenvalue weighted by Gasteiger charge is 2.31. The average Bonchev–Trinajstić information content (AvgIpc) is 3.09. The molecule has 4 rings (SSSR count). The van der Waals surface area contributed by atoms with E-state index in [0.717, 1.165) is 23.8 Å². The number of anilines is 1. The van der Waals surface area contributed by atoms with E-state index in [1.165, 1.54) is 12.1 Å². The number of aromatic amines is 1. The summed E-state index contributed by atoms with van der Waals surface area (Å²) >= 11 is 0. The van der Waals surface area contributed by atoms with Gasteiger partial charge in [0.15, 0.2) is 0 Å². The van der Waals surface area contributed by atoms with Crippen LogP contribution in [-0.2, 0) is 16.2 Å². The Balaban J connectivity index is 1.68. The van der Waals surface area contributed by atoms with Crippen LogP contribution in [0.3, 0.4) is 0 Å². The van der Waals surface area contributed by atoms with Crippen molar-refractivity contribution in [1.82, 2.24) is 9.78 Å². The lowest BCUT2D eigenvalue weighted by Crippen LogP contribution is -2.14. The molecular weight excluding hydrogens is 443 g/mol. The fraction of sp³-hybridized carbons (Fsp3) is 0.136. The van der Waals surface area contributed by atoms with Crippen molar-refractivity contribution in [3.63, 3.8) is 0 Å². The van der Waals surface area contributed by atoms with Gasteiger partial charge in [0.1, 0.15) is 0 Å². The zero-order chi connectivity index (χ0) is 23.1. The Hall–Kier alpha value is -3.53. The van der Waals surface area contributed by atoms with Crippen molar-refractivity contribution in [2.24, 2.45) is 0 Å². The topological polar surface area (TPSA) is 84.0 Å². The van der Waals surface area contributed by atoms with Crippen LogP contribution in [0.4, 0.5) is 18.9 Å². The molecule has 6 nitrogen and oxygen atoms in total. The molecule has 1 atom stereocenters. The largest absolute Gasteiger partial charge is 0.416 e. The molecule has 0 saturated carbocycles. The molecule has 0 aliphatic carbocycles. The monoisotopic (exact) mass is 461 g/mol. The third-order valence-corrected chi connectivity index (χ3v) is 6.49. The number of halogens is 3. The SMILES string of the molecule is CC(c1ccccc1)n1[nH]c(=O)c2cc(NS(=O)(=O)c3cccc(C(F)(F)F)c3)ccc21. The lowest BCUT2D eigenvalue weighted by molar-refractivity contribution is -0.137. The number of alkyl halides is 3. The second kappa shape index (κ2) is 7.86. The van der Waals surface area contributed by atoms with Crippen molar-refractivity contribution < 1.29 is 21.6 Å². The number of H-pyrrole nitrogens is 1. The Morgan fingerprint density at radius 1 is 0.969 bits per heavy atom. The van der Waals surface area contributed by atoms with Crippen molar-refractivity contribution in [3.8, 4) is 0 Å². The highest BCUT2D eigenvalue weighted by molar-refractivity contribution is 7.92. The van der Waals surface area contributed by atoms with E-state index in [1.54, 1.807) is 10.7 Å². The van der Waals surface area contributed by atoms with Crippen LogP contribution in [0.5, 0.6) is 0 Å². The number of nitrogens with one attached hydrogen (secondary N) is 2. The lowest BCUT2D eigenvalue weighted by Gasteiger charge is -2.15. The molecule has 0 bridgehead atoms. The van der Waals surface area contributed by atoms with Crippen LogP contribution >= 0.6 is 0 Å². The van der Waals surface area contributed by atoms with Crippen LogP contribution in [0.1, 0.15) is 24.1 Å². The molecule has 0 spiro atoms. The van der Waals surface area contributed by atoms with Crippen molar-refractivity contribution >= 4 is 26.6 Å². The zero-order valence-electron chi connectivity index (χ0n) is 16.7.